The topological polar surface area (TPSA) is 91.8 Å². The van der Waals surface area contributed by atoms with Gasteiger partial charge in [-0.3, -0.25) is 4.79 Å². The second-order valence-corrected chi connectivity index (χ2v) is 4.75. The predicted molar refractivity (Wildman–Crippen MR) is 74.0 cm³/mol. The standard InChI is InChI=1S/C13H12N4OS/c14-6-5-12-17-11(8-19-12)13(18)16-10-3-1-9(7-15)2-4-10/h1-4,8H,5-6,14H2,(H,16,18). The zero-order chi connectivity index (χ0) is 13.7. The molecule has 0 bridgehead atoms. The van der Waals surface area contributed by atoms with Crippen LogP contribution in [0.15, 0.2) is 29.6 Å². The molecule has 0 unspecified atom stereocenters. The molecular formula is C13H12N4OS. The summed E-state index contributed by atoms with van der Waals surface area (Å²) in [5.74, 6) is -0.260. The minimum Gasteiger partial charge on any atom is -0.330 e. The van der Waals surface area contributed by atoms with Crippen LogP contribution < -0.4 is 11.1 Å². The quantitative estimate of drug-likeness (QED) is 0.887. The highest BCUT2D eigenvalue weighted by Crippen LogP contribution is 2.13. The number of nitrogens with zero attached hydrogens (tertiary/aromatic N) is 2. The summed E-state index contributed by atoms with van der Waals surface area (Å²) in [6.07, 6.45) is 0.675. The van der Waals surface area contributed by atoms with E-state index in [1.54, 1.807) is 29.6 Å². The Bertz CT molecular complexity index is 612. The van der Waals surface area contributed by atoms with Gasteiger partial charge in [0.15, 0.2) is 0 Å². The number of nitrogens with two attached hydrogens (primary N) is 1. The van der Waals surface area contributed by atoms with Crippen LogP contribution in [0, 0.1) is 11.3 Å². The zero-order valence-corrected chi connectivity index (χ0v) is 10.9. The van der Waals surface area contributed by atoms with Crippen molar-refractivity contribution in [1.82, 2.24) is 4.98 Å². The number of rotatable bonds is 4. The van der Waals surface area contributed by atoms with Crippen molar-refractivity contribution in [2.45, 2.75) is 6.42 Å². The van der Waals surface area contributed by atoms with Crippen molar-refractivity contribution in [3.05, 3.63) is 45.9 Å². The summed E-state index contributed by atoms with van der Waals surface area (Å²) in [4.78, 5) is 16.1. The number of benzene rings is 1. The molecule has 1 aromatic heterocycles. The molecule has 0 spiro atoms. The Labute approximate surface area is 114 Å². The number of aromatic nitrogens is 1. The van der Waals surface area contributed by atoms with E-state index in [1.165, 1.54) is 11.3 Å². The average Bonchev–Trinajstić information content (AvgIpc) is 2.89. The van der Waals surface area contributed by atoms with Gasteiger partial charge >= 0.3 is 0 Å². The van der Waals surface area contributed by atoms with Crippen LogP contribution in [-0.2, 0) is 6.42 Å². The van der Waals surface area contributed by atoms with Crippen LogP contribution in [0.4, 0.5) is 5.69 Å². The van der Waals surface area contributed by atoms with E-state index in [9.17, 15) is 4.79 Å². The van der Waals surface area contributed by atoms with E-state index >= 15 is 0 Å². The molecule has 1 amide bonds. The fourth-order valence-corrected chi connectivity index (χ4v) is 2.27. The molecule has 0 saturated carbocycles. The Balaban J connectivity index is 2.05. The number of nitriles is 1. The fraction of sp³-hybridized carbons (Fsp3) is 0.154. The van der Waals surface area contributed by atoms with Gasteiger partial charge in [0.2, 0.25) is 0 Å². The minimum absolute atomic E-state index is 0.260. The highest BCUT2D eigenvalue weighted by molar-refractivity contribution is 7.09. The van der Waals surface area contributed by atoms with Gasteiger partial charge in [0.1, 0.15) is 5.69 Å². The molecule has 0 aliphatic rings. The number of thiazole rings is 1. The number of nitrogens with one attached hydrogen (secondary N) is 1. The largest absolute Gasteiger partial charge is 0.330 e. The number of carbonyl (C=O) groups is 1. The molecule has 2 aromatic rings. The Kier molecular flexibility index (Phi) is 4.23. The lowest BCUT2D eigenvalue weighted by atomic mass is 10.2. The third-order valence-electron chi connectivity index (χ3n) is 2.41. The first-order chi connectivity index (χ1) is 9.22. The molecule has 6 heteroatoms. The highest BCUT2D eigenvalue weighted by atomic mass is 32.1. The molecule has 0 aliphatic heterocycles. The van der Waals surface area contributed by atoms with E-state index in [0.717, 1.165) is 5.01 Å². The molecule has 96 valence electrons. The summed E-state index contributed by atoms with van der Waals surface area (Å²) < 4.78 is 0. The van der Waals surface area contributed by atoms with E-state index < -0.39 is 0 Å². The third-order valence-corrected chi connectivity index (χ3v) is 3.32. The number of hydrogen-bond acceptors (Lipinski definition) is 5. The first-order valence-electron chi connectivity index (χ1n) is 5.69. The van der Waals surface area contributed by atoms with Gasteiger partial charge < -0.3 is 11.1 Å². The van der Waals surface area contributed by atoms with Gasteiger partial charge in [-0.2, -0.15) is 5.26 Å². The van der Waals surface area contributed by atoms with Crippen LogP contribution in [0.2, 0.25) is 0 Å². The maximum Gasteiger partial charge on any atom is 0.275 e. The lowest BCUT2D eigenvalue weighted by Crippen LogP contribution is -2.12. The molecule has 3 N–H and O–H groups in total. The normalized spacial score (nSPS) is 9.89. The fourth-order valence-electron chi connectivity index (χ4n) is 1.48. The maximum absolute atomic E-state index is 11.9. The van der Waals surface area contributed by atoms with Gasteiger partial charge in [0.25, 0.3) is 5.91 Å². The Morgan fingerprint density at radius 2 is 2.16 bits per heavy atom. The number of carbonyl (C=O) groups excluding carboxylic acids is 1. The number of anilines is 1. The van der Waals surface area contributed by atoms with Crippen LogP contribution >= 0.6 is 11.3 Å². The Morgan fingerprint density at radius 3 is 2.79 bits per heavy atom. The molecule has 0 radical (unpaired) electrons. The molecule has 1 heterocycles. The lowest BCUT2D eigenvalue weighted by molar-refractivity contribution is 0.102. The molecule has 0 aliphatic carbocycles. The van der Waals surface area contributed by atoms with E-state index in [4.69, 9.17) is 11.0 Å². The summed E-state index contributed by atoms with van der Waals surface area (Å²) in [5, 5.41) is 14.0. The van der Waals surface area contributed by atoms with Crippen molar-refractivity contribution in [1.29, 1.82) is 5.26 Å². The molecular weight excluding hydrogens is 260 g/mol. The van der Waals surface area contributed by atoms with E-state index in [1.807, 2.05) is 6.07 Å². The van der Waals surface area contributed by atoms with Crippen LogP contribution in [0.5, 0.6) is 0 Å². The molecule has 0 saturated heterocycles. The summed E-state index contributed by atoms with van der Waals surface area (Å²) in [6, 6.07) is 8.69. The Hall–Kier alpha value is -2.23. The summed E-state index contributed by atoms with van der Waals surface area (Å²) in [5.41, 5.74) is 7.01. The van der Waals surface area contributed by atoms with Crippen molar-refractivity contribution in [3.8, 4) is 6.07 Å². The second-order valence-electron chi connectivity index (χ2n) is 3.81. The summed E-state index contributed by atoms with van der Waals surface area (Å²) in [6.45, 7) is 0.518. The van der Waals surface area contributed by atoms with Crippen molar-refractivity contribution >= 4 is 22.9 Å². The molecule has 0 atom stereocenters. The first-order valence-corrected chi connectivity index (χ1v) is 6.57. The van der Waals surface area contributed by atoms with Gasteiger partial charge in [0, 0.05) is 17.5 Å². The van der Waals surface area contributed by atoms with Gasteiger partial charge in [-0.15, -0.1) is 11.3 Å². The van der Waals surface area contributed by atoms with Gasteiger partial charge in [-0.05, 0) is 30.8 Å². The van der Waals surface area contributed by atoms with Crippen LogP contribution in [0.1, 0.15) is 21.1 Å². The maximum atomic E-state index is 11.9. The summed E-state index contributed by atoms with van der Waals surface area (Å²) >= 11 is 1.42. The molecule has 2 rings (SSSR count). The minimum atomic E-state index is -0.260. The predicted octanol–water partition coefficient (Wildman–Crippen LogP) is 1.77. The lowest BCUT2D eigenvalue weighted by Gasteiger charge is -2.02. The van der Waals surface area contributed by atoms with Crippen molar-refractivity contribution < 1.29 is 4.79 Å². The molecule has 19 heavy (non-hydrogen) atoms. The second kappa shape index (κ2) is 6.09. The van der Waals surface area contributed by atoms with Crippen LogP contribution in [0.25, 0.3) is 0 Å². The van der Waals surface area contributed by atoms with Crippen molar-refractivity contribution in [2.24, 2.45) is 5.73 Å². The van der Waals surface area contributed by atoms with Gasteiger partial charge in [-0.25, -0.2) is 4.98 Å². The molecule has 1 aromatic carbocycles. The highest BCUT2D eigenvalue weighted by Gasteiger charge is 2.10. The van der Waals surface area contributed by atoms with Gasteiger partial charge in [-0.1, -0.05) is 0 Å². The smallest absolute Gasteiger partial charge is 0.275 e. The zero-order valence-electron chi connectivity index (χ0n) is 10.1. The first kappa shape index (κ1) is 13.2. The third kappa shape index (κ3) is 3.37. The monoisotopic (exact) mass is 272 g/mol. The molecule has 0 fully saturated rings. The summed E-state index contributed by atoms with van der Waals surface area (Å²) in [7, 11) is 0. The average molecular weight is 272 g/mol. The van der Waals surface area contributed by atoms with E-state index in [2.05, 4.69) is 10.3 Å². The number of amides is 1. The van der Waals surface area contributed by atoms with Gasteiger partial charge in [0.05, 0.1) is 16.6 Å². The van der Waals surface area contributed by atoms with E-state index in [-0.39, 0.29) is 5.91 Å². The van der Waals surface area contributed by atoms with Crippen LogP contribution in [-0.4, -0.2) is 17.4 Å². The van der Waals surface area contributed by atoms with E-state index in [0.29, 0.717) is 29.9 Å². The van der Waals surface area contributed by atoms with Crippen LogP contribution in [0.3, 0.4) is 0 Å². The van der Waals surface area contributed by atoms with Crippen molar-refractivity contribution in [2.75, 3.05) is 11.9 Å². The molecule has 5 nitrogen and oxygen atoms in total. The number of hydrogen-bond donors (Lipinski definition) is 2. The Morgan fingerprint density at radius 1 is 1.42 bits per heavy atom. The SMILES string of the molecule is N#Cc1ccc(NC(=O)c2csc(CCN)n2)cc1. The van der Waals surface area contributed by atoms with Crippen molar-refractivity contribution in [3.63, 3.8) is 0 Å².